The molecule has 2 atom stereocenters. The van der Waals surface area contributed by atoms with Gasteiger partial charge in [-0.2, -0.15) is 0 Å². The van der Waals surface area contributed by atoms with Crippen LogP contribution >= 0.6 is 0 Å². The highest BCUT2D eigenvalue weighted by molar-refractivity contribution is 5.75. The molecule has 2 unspecified atom stereocenters. The van der Waals surface area contributed by atoms with Crippen molar-refractivity contribution in [2.75, 3.05) is 20.1 Å². The minimum absolute atomic E-state index is 0.191. The minimum atomic E-state index is -0.904. The number of aliphatic carboxylic acids is 1. The molecule has 0 radical (unpaired) electrons. The Balaban J connectivity index is 2.35. The van der Waals surface area contributed by atoms with Gasteiger partial charge in [-0.25, -0.2) is 9.78 Å². The Morgan fingerprint density at radius 1 is 1.48 bits per heavy atom. The van der Waals surface area contributed by atoms with Crippen molar-refractivity contribution >= 4 is 12.0 Å². The fraction of sp³-hybridized carbons (Fsp3) is 0.643. The van der Waals surface area contributed by atoms with E-state index in [2.05, 4.69) is 10.3 Å². The number of nitrogens with one attached hydrogen (secondary N) is 1. The largest absolute Gasteiger partial charge is 0.481 e. The highest BCUT2D eigenvalue weighted by Gasteiger charge is 2.17. The van der Waals surface area contributed by atoms with Crippen molar-refractivity contribution in [1.29, 1.82) is 0 Å². The molecule has 0 saturated heterocycles. The summed E-state index contributed by atoms with van der Waals surface area (Å²) in [6.45, 7) is 7.06. The molecular formula is C14H24N4O3. The predicted molar refractivity (Wildman–Crippen MR) is 79.0 cm³/mol. The third kappa shape index (κ3) is 5.45. The van der Waals surface area contributed by atoms with E-state index < -0.39 is 11.9 Å². The molecule has 7 heteroatoms. The highest BCUT2D eigenvalue weighted by atomic mass is 16.4. The van der Waals surface area contributed by atoms with Gasteiger partial charge in [0.05, 0.1) is 5.92 Å². The summed E-state index contributed by atoms with van der Waals surface area (Å²) in [5.41, 5.74) is 0. The van der Waals surface area contributed by atoms with Crippen LogP contribution in [0.25, 0.3) is 0 Å². The number of hydrogen-bond acceptors (Lipinski definition) is 3. The summed E-state index contributed by atoms with van der Waals surface area (Å²) < 4.78 is 2.03. The van der Waals surface area contributed by atoms with Crippen LogP contribution in [-0.4, -0.2) is 51.7 Å². The van der Waals surface area contributed by atoms with Crippen LogP contribution < -0.4 is 5.32 Å². The van der Waals surface area contributed by atoms with Crippen molar-refractivity contribution in [1.82, 2.24) is 19.8 Å². The maximum absolute atomic E-state index is 11.9. The second kappa shape index (κ2) is 7.66. The van der Waals surface area contributed by atoms with Gasteiger partial charge in [0, 0.05) is 39.1 Å². The molecule has 21 heavy (non-hydrogen) atoms. The number of aryl methyl sites for hydroxylation is 1. The minimum Gasteiger partial charge on any atom is -0.481 e. The maximum Gasteiger partial charge on any atom is 0.317 e. The number of imidazole rings is 1. The normalized spacial score (nSPS) is 13.5. The van der Waals surface area contributed by atoms with Gasteiger partial charge in [-0.15, -0.1) is 0 Å². The molecule has 0 bridgehead atoms. The van der Waals surface area contributed by atoms with Gasteiger partial charge < -0.3 is 19.9 Å². The van der Waals surface area contributed by atoms with Crippen molar-refractivity contribution < 1.29 is 14.7 Å². The zero-order chi connectivity index (χ0) is 16.0. The van der Waals surface area contributed by atoms with Crippen LogP contribution in [0, 0.1) is 18.8 Å². The zero-order valence-corrected chi connectivity index (χ0v) is 13.0. The third-order valence-corrected chi connectivity index (χ3v) is 3.35. The zero-order valence-electron chi connectivity index (χ0n) is 13.0. The predicted octanol–water partition coefficient (Wildman–Crippen LogP) is 1.19. The van der Waals surface area contributed by atoms with E-state index in [1.165, 1.54) is 4.90 Å². The smallest absolute Gasteiger partial charge is 0.317 e. The lowest BCUT2D eigenvalue weighted by Gasteiger charge is -2.21. The number of urea groups is 1. The van der Waals surface area contributed by atoms with Gasteiger partial charge in [0.1, 0.15) is 5.82 Å². The molecule has 0 aliphatic rings. The average Bonchev–Trinajstić information content (AvgIpc) is 2.81. The summed E-state index contributed by atoms with van der Waals surface area (Å²) in [7, 11) is 1.60. The van der Waals surface area contributed by atoms with Crippen LogP contribution in [0.15, 0.2) is 12.4 Å². The summed E-state index contributed by atoms with van der Waals surface area (Å²) in [6, 6.07) is -0.252. The molecule has 1 aromatic rings. The summed E-state index contributed by atoms with van der Waals surface area (Å²) in [6.07, 6.45) is 3.66. The van der Waals surface area contributed by atoms with Gasteiger partial charge in [0.25, 0.3) is 0 Å². The number of amides is 2. The Morgan fingerprint density at radius 2 is 2.14 bits per heavy atom. The summed E-state index contributed by atoms with van der Waals surface area (Å²) in [4.78, 5) is 28.2. The van der Waals surface area contributed by atoms with E-state index in [4.69, 9.17) is 5.11 Å². The number of aromatic nitrogens is 2. The lowest BCUT2D eigenvalue weighted by atomic mass is 10.1. The van der Waals surface area contributed by atoms with Crippen LogP contribution in [0.4, 0.5) is 4.79 Å². The van der Waals surface area contributed by atoms with Gasteiger partial charge in [-0.1, -0.05) is 13.8 Å². The number of hydrogen-bond donors (Lipinski definition) is 2. The number of rotatable bonds is 7. The lowest BCUT2D eigenvalue weighted by Crippen LogP contribution is -2.42. The van der Waals surface area contributed by atoms with Crippen molar-refractivity contribution in [3.05, 3.63) is 18.2 Å². The molecule has 0 fully saturated rings. The summed E-state index contributed by atoms with van der Waals surface area (Å²) >= 11 is 0. The first-order valence-corrected chi connectivity index (χ1v) is 7.00. The number of carboxylic acids is 1. The van der Waals surface area contributed by atoms with Crippen molar-refractivity contribution in [3.8, 4) is 0 Å². The van der Waals surface area contributed by atoms with E-state index in [1.807, 2.05) is 24.6 Å². The second-order valence-electron chi connectivity index (χ2n) is 5.54. The number of nitrogens with zero attached hydrogens (tertiary/aromatic N) is 3. The summed E-state index contributed by atoms with van der Waals surface area (Å²) in [5.74, 6) is -0.280. The van der Waals surface area contributed by atoms with Crippen molar-refractivity contribution in [3.63, 3.8) is 0 Å². The quantitative estimate of drug-likeness (QED) is 0.791. The molecule has 0 saturated carbocycles. The van der Waals surface area contributed by atoms with Crippen molar-refractivity contribution in [2.45, 2.75) is 27.3 Å². The fourth-order valence-corrected chi connectivity index (χ4v) is 1.97. The van der Waals surface area contributed by atoms with E-state index in [0.29, 0.717) is 6.54 Å². The van der Waals surface area contributed by atoms with Crippen LogP contribution in [-0.2, 0) is 11.3 Å². The van der Waals surface area contributed by atoms with Gasteiger partial charge in [-0.05, 0) is 12.8 Å². The highest BCUT2D eigenvalue weighted by Crippen LogP contribution is 2.03. The Bertz CT molecular complexity index is 486. The number of carbonyl (C=O) groups is 2. The molecule has 1 aromatic heterocycles. The average molecular weight is 296 g/mol. The van der Waals surface area contributed by atoms with E-state index in [0.717, 1.165) is 12.4 Å². The molecule has 2 N–H and O–H groups in total. The van der Waals surface area contributed by atoms with Gasteiger partial charge in [-0.3, -0.25) is 4.79 Å². The Labute approximate surface area is 125 Å². The molecule has 2 amide bonds. The van der Waals surface area contributed by atoms with E-state index in [-0.39, 0.29) is 18.5 Å². The molecule has 1 rings (SSSR count). The van der Waals surface area contributed by atoms with Crippen LogP contribution in [0.5, 0.6) is 0 Å². The molecule has 7 nitrogen and oxygen atoms in total. The molecule has 0 aliphatic carbocycles. The molecule has 0 spiro atoms. The van der Waals surface area contributed by atoms with E-state index >= 15 is 0 Å². The first-order chi connectivity index (χ1) is 9.81. The lowest BCUT2D eigenvalue weighted by molar-refractivity contribution is -0.141. The molecular weight excluding hydrogens is 272 g/mol. The second-order valence-corrected chi connectivity index (χ2v) is 5.54. The van der Waals surface area contributed by atoms with Crippen LogP contribution in [0.3, 0.4) is 0 Å². The maximum atomic E-state index is 11.9. The van der Waals surface area contributed by atoms with E-state index in [1.54, 1.807) is 20.2 Å². The monoisotopic (exact) mass is 296 g/mol. The topological polar surface area (TPSA) is 87.5 Å². The molecule has 118 valence electrons. The van der Waals surface area contributed by atoms with Crippen LogP contribution in [0.1, 0.15) is 19.7 Å². The Kier molecular flexibility index (Phi) is 6.20. The molecule has 1 heterocycles. The standard InChI is InChI=1S/C14H24N4O3/c1-10(8-18-6-5-15-12(18)3)7-16-14(21)17(4)9-11(2)13(19)20/h5-6,10-11H,7-9H2,1-4H3,(H,16,21)(H,19,20). The van der Waals surface area contributed by atoms with E-state index in [9.17, 15) is 9.59 Å². The summed E-state index contributed by atoms with van der Waals surface area (Å²) in [5, 5.41) is 11.7. The van der Waals surface area contributed by atoms with Crippen LogP contribution in [0.2, 0.25) is 0 Å². The number of carboxylic acid groups (broad SMARTS) is 1. The molecule has 0 aromatic carbocycles. The third-order valence-electron chi connectivity index (χ3n) is 3.35. The first-order valence-electron chi connectivity index (χ1n) is 7.00. The molecule has 0 aliphatic heterocycles. The Hall–Kier alpha value is -2.05. The first kappa shape index (κ1) is 17.0. The van der Waals surface area contributed by atoms with Crippen molar-refractivity contribution in [2.24, 2.45) is 11.8 Å². The van der Waals surface area contributed by atoms with Gasteiger partial charge in [0.15, 0.2) is 0 Å². The van der Waals surface area contributed by atoms with Gasteiger partial charge >= 0.3 is 12.0 Å². The van der Waals surface area contributed by atoms with Gasteiger partial charge in [0.2, 0.25) is 0 Å². The SMILES string of the molecule is Cc1nccn1CC(C)CNC(=O)N(C)CC(C)C(=O)O. The fourth-order valence-electron chi connectivity index (χ4n) is 1.97. The number of carbonyl (C=O) groups excluding carboxylic acids is 1. The Morgan fingerprint density at radius 3 is 2.67 bits per heavy atom.